The summed E-state index contributed by atoms with van der Waals surface area (Å²) in [6, 6.07) is 6.68. The Morgan fingerprint density at radius 2 is 2.10 bits per heavy atom. The Kier molecular flexibility index (Phi) is 8.63. The van der Waals surface area contributed by atoms with E-state index in [4.69, 9.17) is 20.3 Å². The number of rotatable bonds is 6. The van der Waals surface area contributed by atoms with E-state index in [1.165, 1.54) is 24.4 Å². The van der Waals surface area contributed by atoms with Crippen molar-refractivity contribution >= 4 is 17.5 Å². The van der Waals surface area contributed by atoms with Crippen LogP contribution >= 0.6 is 0 Å². The molecule has 1 aromatic heterocycles. The molecule has 10 heteroatoms. The molecule has 0 spiro atoms. The van der Waals surface area contributed by atoms with E-state index in [1.54, 1.807) is 6.07 Å². The molecule has 2 atom stereocenters. The second-order valence-corrected chi connectivity index (χ2v) is 6.42. The predicted octanol–water partition coefficient (Wildman–Crippen LogP) is 2.02. The Bertz CT molecular complexity index is 881. The van der Waals surface area contributed by atoms with E-state index in [0.717, 1.165) is 12.5 Å². The predicted molar refractivity (Wildman–Crippen MR) is 104 cm³/mol. The van der Waals surface area contributed by atoms with E-state index in [9.17, 15) is 18.4 Å². The number of hydrogen-bond donors (Lipinski definition) is 3. The highest BCUT2D eigenvalue weighted by Gasteiger charge is 2.28. The van der Waals surface area contributed by atoms with Crippen molar-refractivity contribution in [3.8, 4) is 5.75 Å². The fourth-order valence-electron chi connectivity index (χ4n) is 2.61. The summed E-state index contributed by atoms with van der Waals surface area (Å²) in [7, 11) is 0. The lowest BCUT2D eigenvalue weighted by atomic mass is 10.2. The van der Waals surface area contributed by atoms with E-state index in [2.05, 4.69) is 10.3 Å². The normalized spacial score (nSPS) is 17.6. The summed E-state index contributed by atoms with van der Waals surface area (Å²) in [5.74, 6) is -2.99. The average Bonchev–Trinajstić information content (AvgIpc) is 3.16. The number of nitrogens with two attached hydrogens (primary N) is 1. The van der Waals surface area contributed by atoms with Gasteiger partial charge in [0.1, 0.15) is 18.4 Å². The number of anilines is 1. The number of halogens is 2. The first-order valence-electron chi connectivity index (χ1n) is 9.21. The number of pyridine rings is 1. The van der Waals surface area contributed by atoms with Crippen LogP contribution in [-0.4, -0.2) is 47.3 Å². The van der Waals surface area contributed by atoms with E-state index in [-0.39, 0.29) is 36.7 Å². The molecule has 2 amide bonds. The zero-order valence-electron chi connectivity index (χ0n) is 16.3. The minimum absolute atomic E-state index is 0.0413. The van der Waals surface area contributed by atoms with Gasteiger partial charge in [-0.2, -0.15) is 4.39 Å². The van der Waals surface area contributed by atoms with Crippen LogP contribution < -0.4 is 15.8 Å². The summed E-state index contributed by atoms with van der Waals surface area (Å²) >= 11 is 0. The summed E-state index contributed by atoms with van der Waals surface area (Å²) in [4.78, 5) is 26.6. The number of aromatic nitrogens is 1. The van der Waals surface area contributed by atoms with E-state index in [0.29, 0.717) is 12.1 Å². The van der Waals surface area contributed by atoms with Crippen LogP contribution in [0.25, 0.3) is 0 Å². The third kappa shape index (κ3) is 6.75. The van der Waals surface area contributed by atoms with Crippen LogP contribution in [0.4, 0.5) is 14.5 Å². The van der Waals surface area contributed by atoms with Gasteiger partial charge in [0.05, 0.1) is 12.7 Å². The Labute approximate surface area is 172 Å². The number of aliphatic hydroxyl groups excluding tert-OH is 1. The standard InChI is InChI=1S/C12H15N3O3.C8H8F2O2/c1-7-2-3-10(18-7)12(17)15-8-4-5-14-9(6-8)11(13)16;9-6-2-1-3-7(8(6)10)12-5-4-11/h4-7,10H,2-3H2,1H3,(H2,13,16)(H,14,15,17);1-3,11H,4-5H2. The van der Waals surface area contributed by atoms with Gasteiger partial charge in [-0.15, -0.1) is 0 Å². The molecule has 1 fully saturated rings. The molecule has 0 bridgehead atoms. The molecule has 0 aliphatic carbocycles. The first-order valence-corrected chi connectivity index (χ1v) is 9.21. The third-order valence-corrected chi connectivity index (χ3v) is 4.07. The highest BCUT2D eigenvalue weighted by atomic mass is 19.2. The minimum atomic E-state index is -1.02. The Balaban J connectivity index is 0.000000232. The van der Waals surface area contributed by atoms with Crippen LogP contribution in [0.1, 0.15) is 30.3 Å². The largest absolute Gasteiger partial charge is 0.488 e. The van der Waals surface area contributed by atoms with Crippen LogP contribution in [0.5, 0.6) is 5.75 Å². The van der Waals surface area contributed by atoms with E-state index in [1.807, 2.05) is 6.92 Å². The molecular formula is C20H23F2N3O5. The Morgan fingerprint density at radius 1 is 1.33 bits per heavy atom. The molecule has 162 valence electrons. The number of benzene rings is 1. The smallest absolute Gasteiger partial charge is 0.267 e. The lowest BCUT2D eigenvalue weighted by Gasteiger charge is -2.11. The van der Waals surface area contributed by atoms with E-state index < -0.39 is 23.6 Å². The summed E-state index contributed by atoms with van der Waals surface area (Å²) < 4.78 is 35.4. The van der Waals surface area contributed by atoms with Gasteiger partial charge in [-0.25, -0.2) is 4.39 Å². The number of nitrogens with zero attached hydrogens (tertiary/aromatic N) is 1. The average molecular weight is 423 g/mol. The number of nitrogens with one attached hydrogen (secondary N) is 1. The fourth-order valence-corrected chi connectivity index (χ4v) is 2.61. The lowest BCUT2D eigenvalue weighted by molar-refractivity contribution is -0.126. The number of amides is 2. The zero-order chi connectivity index (χ0) is 22.1. The molecule has 0 saturated carbocycles. The van der Waals surface area contributed by atoms with Gasteiger partial charge in [0.2, 0.25) is 5.82 Å². The van der Waals surface area contributed by atoms with Gasteiger partial charge in [-0.3, -0.25) is 14.6 Å². The Hall–Kier alpha value is -3.11. The fraction of sp³-hybridized carbons (Fsp3) is 0.350. The maximum Gasteiger partial charge on any atom is 0.267 e. The van der Waals surface area contributed by atoms with Crippen molar-refractivity contribution in [3.05, 3.63) is 53.9 Å². The third-order valence-electron chi connectivity index (χ3n) is 4.07. The monoisotopic (exact) mass is 423 g/mol. The van der Waals surface area contributed by atoms with E-state index >= 15 is 0 Å². The summed E-state index contributed by atoms with van der Waals surface area (Å²) in [6.07, 6.45) is 2.69. The highest BCUT2D eigenvalue weighted by Crippen LogP contribution is 2.21. The van der Waals surface area contributed by atoms with Crippen molar-refractivity contribution in [3.63, 3.8) is 0 Å². The zero-order valence-corrected chi connectivity index (χ0v) is 16.3. The second-order valence-electron chi connectivity index (χ2n) is 6.42. The maximum atomic E-state index is 12.7. The second kappa shape index (κ2) is 11.2. The van der Waals surface area contributed by atoms with Gasteiger partial charge in [-0.1, -0.05) is 6.07 Å². The topological polar surface area (TPSA) is 124 Å². The molecule has 1 saturated heterocycles. The van der Waals surface area contributed by atoms with Gasteiger partial charge in [0.15, 0.2) is 11.6 Å². The molecule has 0 radical (unpaired) electrons. The molecule has 3 rings (SSSR count). The van der Waals surface area contributed by atoms with Crippen molar-refractivity contribution < 1.29 is 33.0 Å². The molecule has 2 heterocycles. The van der Waals surface area contributed by atoms with Crippen molar-refractivity contribution in [2.45, 2.75) is 32.0 Å². The van der Waals surface area contributed by atoms with Crippen LogP contribution in [0.2, 0.25) is 0 Å². The lowest BCUT2D eigenvalue weighted by Crippen LogP contribution is -2.28. The first kappa shape index (κ1) is 23.2. The number of carbonyl (C=O) groups excluding carboxylic acids is 2. The maximum absolute atomic E-state index is 12.7. The number of carbonyl (C=O) groups is 2. The molecule has 2 unspecified atom stereocenters. The molecule has 1 aliphatic heterocycles. The van der Waals surface area contributed by atoms with Crippen molar-refractivity contribution in [2.75, 3.05) is 18.5 Å². The van der Waals surface area contributed by atoms with Crippen molar-refractivity contribution in [1.29, 1.82) is 0 Å². The quantitative estimate of drug-likeness (QED) is 0.653. The molecule has 30 heavy (non-hydrogen) atoms. The molecule has 4 N–H and O–H groups in total. The van der Waals surface area contributed by atoms with Gasteiger partial charge in [0.25, 0.3) is 11.8 Å². The summed E-state index contributed by atoms with van der Waals surface area (Å²) in [5, 5.41) is 11.0. The van der Waals surface area contributed by atoms with Crippen molar-refractivity contribution in [2.24, 2.45) is 5.73 Å². The molecule has 2 aromatic rings. The van der Waals surface area contributed by atoms with Crippen LogP contribution in [0, 0.1) is 11.6 Å². The number of ether oxygens (including phenoxy) is 2. The van der Waals surface area contributed by atoms with Gasteiger partial charge < -0.3 is 25.6 Å². The molecule has 1 aromatic carbocycles. The Morgan fingerprint density at radius 3 is 2.73 bits per heavy atom. The highest BCUT2D eigenvalue weighted by molar-refractivity contribution is 5.96. The summed E-state index contributed by atoms with van der Waals surface area (Å²) in [6.45, 7) is 1.67. The minimum Gasteiger partial charge on any atom is -0.488 e. The SMILES string of the molecule is CC1CCC(C(=O)Nc2ccnc(C(N)=O)c2)O1.OCCOc1cccc(F)c1F. The van der Waals surface area contributed by atoms with Gasteiger partial charge in [-0.05, 0) is 44.0 Å². The van der Waals surface area contributed by atoms with Gasteiger partial charge >= 0.3 is 0 Å². The van der Waals surface area contributed by atoms with Crippen LogP contribution in [0.15, 0.2) is 36.5 Å². The molecular weight excluding hydrogens is 400 g/mol. The summed E-state index contributed by atoms with van der Waals surface area (Å²) in [5.41, 5.74) is 5.73. The number of primary amides is 1. The molecule has 8 nitrogen and oxygen atoms in total. The number of hydrogen-bond acceptors (Lipinski definition) is 6. The van der Waals surface area contributed by atoms with Crippen LogP contribution in [0.3, 0.4) is 0 Å². The molecule has 1 aliphatic rings. The number of aliphatic hydroxyl groups is 1. The van der Waals surface area contributed by atoms with Crippen LogP contribution in [-0.2, 0) is 9.53 Å². The van der Waals surface area contributed by atoms with Crippen molar-refractivity contribution in [1.82, 2.24) is 4.98 Å². The van der Waals surface area contributed by atoms with Gasteiger partial charge in [0, 0.05) is 11.9 Å². The first-order chi connectivity index (χ1) is 14.3.